The largest absolute Gasteiger partial charge is 0.508 e. The molecule has 0 aliphatic heterocycles. The van der Waals surface area contributed by atoms with Gasteiger partial charge < -0.3 is 26.2 Å². The Morgan fingerprint density at radius 2 is 1.30 bits per heavy atom. The third kappa shape index (κ3) is 6.29. The number of benzene rings is 2. The lowest BCUT2D eigenvalue weighted by atomic mass is 10.2. The Labute approximate surface area is 225 Å². The number of pyridine rings is 2. The summed E-state index contributed by atoms with van der Waals surface area (Å²) in [4.78, 5) is 24.1. The zero-order valence-electron chi connectivity index (χ0n) is 20.4. The number of nitrogen functional groups attached to an aromatic ring is 2. The molecule has 2 aromatic carbocycles. The van der Waals surface area contributed by atoms with Crippen LogP contribution < -0.4 is 22.5 Å². The number of rotatable bonds is 10. The summed E-state index contributed by atoms with van der Waals surface area (Å²) in [5.74, 6) is 9.84. The number of phenols is 2. The van der Waals surface area contributed by atoms with Crippen LogP contribution in [0.3, 0.4) is 0 Å². The predicted molar refractivity (Wildman–Crippen MR) is 142 cm³/mol. The van der Waals surface area contributed by atoms with E-state index in [1.165, 1.54) is 36.4 Å². The van der Waals surface area contributed by atoms with E-state index in [1.54, 1.807) is 24.3 Å². The first kappa shape index (κ1) is 27.5. The summed E-state index contributed by atoms with van der Waals surface area (Å²) >= 11 is 0. The molecule has 0 saturated heterocycles. The second-order valence-electron chi connectivity index (χ2n) is 7.91. The number of nitrogens with zero attached hydrogens (tertiary/aromatic N) is 6. The maximum Gasteiger partial charge on any atom is 0.339 e. The Hall–Kier alpha value is -5.55. The van der Waals surface area contributed by atoms with Crippen molar-refractivity contribution in [2.45, 2.75) is 6.61 Å². The second kappa shape index (κ2) is 12.3. The minimum atomic E-state index is -1.31. The molecule has 204 valence electrons. The topological polar surface area (TPSA) is 259 Å². The Morgan fingerprint density at radius 1 is 0.775 bits per heavy atom. The Morgan fingerprint density at radius 3 is 1.80 bits per heavy atom. The molecule has 0 aliphatic rings. The van der Waals surface area contributed by atoms with E-state index in [0.717, 1.165) is 0 Å². The number of carboxylic acid groups (broad SMARTS) is 1. The molecule has 4 rings (SSSR count). The van der Waals surface area contributed by atoms with E-state index in [-0.39, 0.29) is 40.9 Å². The van der Waals surface area contributed by atoms with E-state index in [9.17, 15) is 15.0 Å². The summed E-state index contributed by atoms with van der Waals surface area (Å²) in [6.45, 7) is -0.226. The van der Waals surface area contributed by atoms with E-state index < -0.39 is 11.7 Å². The number of aromatic carboxylic acids is 1. The smallest absolute Gasteiger partial charge is 0.339 e. The fraction of sp³-hybridized carbons (Fsp3) is 0.0417. The molecule has 0 aliphatic carbocycles. The molecule has 0 fully saturated rings. The number of anilines is 2. The van der Waals surface area contributed by atoms with Crippen molar-refractivity contribution >= 4 is 40.4 Å². The summed E-state index contributed by atoms with van der Waals surface area (Å²) in [6, 6.07) is 14.6. The minimum Gasteiger partial charge on any atom is -0.508 e. The van der Waals surface area contributed by atoms with E-state index in [2.05, 4.69) is 46.2 Å². The average Bonchev–Trinajstić information content (AvgIpc) is 2.97. The zero-order valence-corrected chi connectivity index (χ0v) is 20.4. The molecule has 10 N–H and O–H groups in total. The maximum atomic E-state index is 11.2. The van der Waals surface area contributed by atoms with Gasteiger partial charge in [0.25, 0.3) is 0 Å². The first-order valence-electron chi connectivity index (χ1n) is 11.3. The van der Waals surface area contributed by atoms with Crippen LogP contribution in [0.25, 0.3) is 11.4 Å². The van der Waals surface area contributed by atoms with Crippen LogP contribution in [0.1, 0.15) is 15.9 Å². The molecule has 16 heteroatoms. The van der Waals surface area contributed by atoms with Crippen LogP contribution in [0.15, 0.2) is 81.1 Å². The van der Waals surface area contributed by atoms with Gasteiger partial charge in [0.05, 0.1) is 22.8 Å². The van der Waals surface area contributed by atoms with Gasteiger partial charge >= 0.3 is 5.97 Å². The summed E-state index contributed by atoms with van der Waals surface area (Å²) < 4.78 is 0. The van der Waals surface area contributed by atoms with Crippen molar-refractivity contribution in [1.29, 1.82) is 0 Å². The highest BCUT2D eigenvalue weighted by atomic mass is 17.1. The first-order valence-corrected chi connectivity index (χ1v) is 11.3. The lowest BCUT2D eigenvalue weighted by Crippen LogP contribution is -2.10. The molecular weight excluding hydrogens is 524 g/mol. The van der Waals surface area contributed by atoms with Crippen LogP contribution in [-0.2, 0) is 11.5 Å². The quantitative estimate of drug-likeness (QED) is 0.0585. The van der Waals surface area contributed by atoms with Crippen LogP contribution in [0, 0.1) is 0 Å². The number of nitrogens with two attached hydrogens (primary N) is 2. The number of carboxylic acids is 1. The Kier molecular flexibility index (Phi) is 8.47. The molecule has 0 unspecified atom stereocenters. The molecule has 0 radical (unpaired) electrons. The van der Waals surface area contributed by atoms with Gasteiger partial charge in [-0.1, -0.05) is 0 Å². The van der Waals surface area contributed by atoms with Crippen LogP contribution in [-0.4, -0.2) is 36.5 Å². The van der Waals surface area contributed by atoms with Gasteiger partial charge in [-0.2, -0.15) is 10.2 Å². The number of hydrazine groups is 2. The number of hydrogen-bond acceptors (Lipinski definition) is 15. The van der Waals surface area contributed by atoms with Gasteiger partial charge in [0, 0.05) is 5.56 Å². The number of aromatic hydroxyl groups is 2. The van der Waals surface area contributed by atoms with E-state index >= 15 is 0 Å². The maximum absolute atomic E-state index is 11.2. The Balaban J connectivity index is 1.58. The molecule has 4 aromatic rings. The third-order valence-corrected chi connectivity index (χ3v) is 5.32. The van der Waals surface area contributed by atoms with Gasteiger partial charge in [-0.15, -0.1) is 10.2 Å². The number of nitrogens with one attached hydrogen (secondary N) is 2. The lowest BCUT2D eigenvalue weighted by molar-refractivity contribution is -0.253. The van der Waals surface area contributed by atoms with Crippen molar-refractivity contribution < 1.29 is 30.3 Å². The third-order valence-electron chi connectivity index (χ3n) is 5.32. The number of phenolic OH excluding ortho intramolecular Hbond substituents is 1. The van der Waals surface area contributed by atoms with Crippen LogP contribution >= 0.6 is 0 Å². The van der Waals surface area contributed by atoms with Gasteiger partial charge in [-0.3, -0.25) is 5.26 Å². The molecular formula is C24H22N10O6. The van der Waals surface area contributed by atoms with Crippen molar-refractivity contribution in [3.05, 3.63) is 71.8 Å². The van der Waals surface area contributed by atoms with E-state index in [1.807, 2.05) is 0 Å². The molecule has 0 atom stereocenters. The summed E-state index contributed by atoms with van der Waals surface area (Å²) in [7, 11) is 0. The van der Waals surface area contributed by atoms with Gasteiger partial charge in [0.15, 0.2) is 11.6 Å². The standard InChI is InChI=1S/C24H22N10O6/c25-29-22-18(33-31-13-1-7-20(35)12(9-13)11-40-39)5-3-16(27-22)17-4-6-19(23(28-17)30-26)34-32-14-2-8-21(36)15(10-14)24(37)38/h1-10,35-36,39H,11,25-26H2,(H,27,29)(H,28,30)(H,37,38). The molecule has 0 spiro atoms. The predicted octanol–water partition coefficient (Wildman–Crippen LogP) is 4.64. The van der Waals surface area contributed by atoms with Crippen molar-refractivity contribution in [3.8, 4) is 22.9 Å². The second-order valence-corrected chi connectivity index (χ2v) is 7.91. The molecule has 0 amide bonds. The number of azo groups is 2. The van der Waals surface area contributed by atoms with Crippen LogP contribution in [0.2, 0.25) is 0 Å². The fourth-order valence-electron chi connectivity index (χ4n) is 3.36. The van der Waals surface area contributed by atoms with Crippen molar-refractivity contribution in [3.63, 3.8) is 0 Å². The zero-order chi connectivity index (χ0) is 28.6. The summed E-state index contributed by atoms with van der Waals surface area (Å²) in [5, 5.41) is 53.5. The monoisotopic (exact) mass is 546 g/mol. The molecule has 16 nitrogen and oxygen atoms in total. The SMILES string of the molecule is NNc1nc(-c2ccc(N=Nc3ccc(O)c(C(=O)O)c3)c(NN)n2)ccc1N=Nc1ccc(O)c(COO)c1. The van der Waals surface area contributed by atoms with E-state index in [4.69, 9.17) is 22.0 Å². The number of carbonyl (C=O) groups is 1. The lowest BCUT2D eigenvalue weighted by Gasteiger charge is -2.09. The van der Waals surface area contributed by atoms with Crippen molar-refractivity contribution in [2.24, 2.45) is 32.1 Å². The highest BCUT2D eigenvalue weighted by Crippen LogP contribution is 2.32. The highest BCUT2D eigenvalue weighted by molar-refractivity contribution is 5.91. The minimum absolute atomic E-state index is 0.0673. The highest BCUT2D eigenvalue weighted by Gasteiger charge is 2.13. The average molecular weight is 547 g/mol. The van der Waals surface area contributed by atoms with Crippen molar-refractivity contribution in [2.75, 3.05) is 10.9 Å². The molecule has 40 heavy (non-hydrogen) atoms. The fourth-order valence-corrected chi connectivity index (χ4v) is 3.36. The van der Waals surface area contributed by atoms with Crippen LogP contribution in [0.5, 0.6) is 11.5 Å². The molecule has 0 bridgehead atoms. The number of hydrogen-bond donors (Lipinski definition) is 8. The van der Waals surface area contributed by atoms with Crippen molar-refractivity contribution in [1.82, 2.24) is 9.97 Å². The molecule has 2 heterocycles. The summed E-state index contributed by atoms with van der Waals surface area (Å²) in [6.07, 6.45) is 0. The normalized spacial score (nSPS) is 11.3. The number of aromatic nitrogens is 2. The van der Waals surface area contributed by atoms with E-state index in [0.29, 0.717) is 28.3 Å². The molecule has 2 aromatic heterocycles. The molecule has 0 saturated carbocycles. The van der Waals surface area contributed by atoms with Crippen LogP contribution in [0.4, 0.5) is 34.4 Å². The van der Waals surface area contributed by atoms with Gasteiger partial charge in [-0.05, 0) is 60.7 Å². The van der Waals surface area contributed by atoms with Gasteiger partial charge in [-0.25, -0.2) is 31.3 Å². The van der Waals surface area contributed by atoms with Gasteiger partial charge in [0.2, 0.25) is 0 Å². The van der Waals surface area contributed by atoms with Gasteiger partial charge in [0.1, 0.15) is 35.0 Å². The summed E-state index contributed by atoms with van der Waals surface area (Å²) in [5.41, 5.74) is 6.82. The Bertz CT molecular complexity index is 1610. The first-order chi connectivity index (χ1) is 19.3.